The van der Waals surface area contributed by atoms with E-state index in [1.165, 1.54) is 0 Å². The van der Waals surface area contributed by atoms with Gasteiger partial charge in [-0.25, -0.2) is 0 Å². The lowest BCUT2D eigenvalue weighted by atomic mass is 9.94. The third-order valence-corrected chi connectivity index (χ3v) is 5.79. The third-order valence-electron chi connectivity index (χ3n) is 5.79. The fourth-order valence-electron chi connectivity index (χ4n) is 4.13. The van der Waals surface area contributed by atoms with E-state index in [0.29, 0.717) is 25.3 Å². The van der Waals surface area contributed by atoms with Crippen molar-refractivity contribution < 1.29 is 14.3 Å². The maximum atomic E-state index is 13.1. The van der Waals surface area contributed by atoms with Crippen molar-refractivity contribution in [1.82, 2.24) is 4.90 Å². The van der Waals surface area contributed by atoms with E-state index in [-0.39, 0.29) is 17.9 Å². The molecule has 0 N–H and O–H groups in total. The summed E-state index contributed by atoms with van der Waals surface area (Å²) >= 11 is 0. The summed E-state index contributed by atoms with van der Waals surface area (Å²) in [6, 6.07) is 17.8. The molecule has 2 aliphatic rings. The molecule has 2 heterocycles. The lowest BCUT2D eigenvalue weighted by molar-refractivity contribution is -0.144. The van der Waals surface area contributed by atoms with Gasteiger partial charge in [0.1, 0.15) is 12.4 Å². The molecular weight excluding hydrogens is 352 g/mol. The summed E-state index contributed by atoms with van der Waals surface area (Å²) in [7, 11) is 0. The summed E-state index contributed by atoms with van der Waals surface area (Å²) in [5.74, 6) is 0.347. The number of hydrogen-bond donors (Lipinski definition) is 0. The van der Waals surface area contributed by atoms with Crippen molar-refractivity contribution in [2.45, 2.75) is 18.9 Å². The van der Waals surface area contributed by atoms with Gasteiger partial charge in [-0.15, -0.1) is 0 Å². The van der Waals surface area contributed by atoms with Gasteiger partial charge >= 0.3 is 0 Å². The Morgan fingerprint density at radius 3 is 2.36 bits per heavy atom. The molecule has 2 aromatic carbocycles. The fourth-order valence-corrected chi connectivity index (χ4v) is 4.13. The van der Waals surface area contributed by atoms with Crippen molar-refractivity contribution in [1.29, 1.82) is 0 Å². The monoisotopic (exact) mass is 378 g/mol. The molecular formula is C23H26N2O3. The number of amides is 1. The van der Waals surface area contributed by atoms with Crippen LogP contribution in [0.3, 0.4) is 0 Å². The predicted octanol–water partition coefficient (Wildman–Crippen LogP) is 3.32. The van der Waals surface area contributed by atoms with E-state index in [1.54, 1.807) is 0 Å². The second kappa shape index (κ2) is 8.57. The van der Waals surface area contributed by atoms with Crippen molar-refractivity contribution in [3.05, 3.63) is 65.7 Å². The average Bonchev–Trinajstić information content (AvgIpc) is 2.79. The maximum absolute atomic E-state index is 13.1. The summed E-state index contributed by atoms with van der Waals surface area (Å²) in [4.78, 5) is 28.2. The molecule has 0 aromatic heterocycles. The molecule has 28 heavy (non-hydrogen) atoms. The lowest BCUT2D eigenvalue weighted by Gasteiger charge is -2.38. The van der Waals surface area contributed by atoms with Crippen molar-refractivity contribution in [2.24, 2.45) is 5.92 Å². The number of nitrogens with zero attached hydrogens (tertiary/aromatic N) is 2. The number of ether oxygens (including phenoxy) is 1. The molecule has 0 spiro atoms. The van der Waals surface area contributed by atoms with Gasteiger partial charge in [0, 0.05) is 36.8 Å². The number of morpholine rings is 1. The van der Waals surface area contributed by atoms with Gasteiger partial charge in [-0.05, 0) is 42.7 Å². The van der Waals surface area contributed by atoms with Gasteiger partial charge in [0.25, 0.3) is 0 Å². The molecule has 0 aliphatic carbocycles. The van der Waals surface area contributed by atoms with Crippen molar-refractivity contribution >= 4 is 17.9 Å². The largest absolute Gasteiger partial charge is 0.371 e. The van der Waals surface area contributed by atoms with Crippen LogP contribution in [0, 0.1) is 5.92 Å². The van der Waals surface area contributed by atoms with E-state index in [2.05, 4.69) is 17.0 Å². The van der Waals surface area contributed by atoms with E-state index in [4.69, 9.17) is 4.74 Å². The Balaban J connectivity index is 1.33. The molecule has 1 atom stereocenters. The van der Waals surface area contributed by atoms with Crippen LogP contribution in [0.15, 0.2) is 54.6 Å². The molecule has 5 nitrogen and oxygen atoms in total. The Morgan fingerprint density at radius 2 is 1.68 bits per heavy atom. The first-order valence-corrected chi connectivity index (χ1v) is 10.00. The van der Waals surface area contributed by atoms with Crippen LogP contribution in [-0.4, -0.2) is 49.9 Å². The predicted molar refractivity (Wildman–Crippen MR) is 108 cm³/mol. The Bertz CT molecular complexity index is 798. The SMILES string of the molecule is O=Cc1ccc(N2CCC(C(=O)N3CCO[C@@H](c4ccccc4)C3)CC2)cc1. The van der Waals surface area contributed by atoms with Gasteiger partial charge in [0.2, 0.25) is 5.91 Å². The van der Waals surface area contributed by atoms with Crippen LogP contribution in [0.4, 0.5) is 5.69 Å². The van der Waals surface area contributed by atoms with E-state index in [0.717, 1.165) is 43.5 Å². The van der Waals surface area contributed by atoms with Gasteiger partial charge in [-0.2, -0.15) is 0 Å². The molecule has 0 radical (unpaired) electrons. The molecule has 4 rings (SSSR count). The second-order valence-corrected chi connectivity index (χ2v) is 7.53. The van der Waals surface area contributed by atoms with Crippen molar-refractivity contribution in [2.75, 3.05) is 37.7 Å². The summed E-state index contributed by atoms with van der Waals surface area (Å²) in [6.45, 7) is 3.63. The zero-order valence-corrected chi connectivity index (χ0v) is 16.0. The molecule has 0 bridgehead atoms. The highest BCUT2D eigenvalue weighted by atomic mass is 16.5. The van der Waals surface area contributed by atoms with Crippen LogP contribution in [0.1, 0.15) is 34.9 Å². The number of hydrogen-bond acceptors (Lipinski definition) is 4. The molecule has 2 aromatic rings. The molecule has 2 fully saturated rings. The number of carbonyl (C=O) groups excluding carboxylic acids is 2. The number of aldehydes is 1. The van der Waals surface area contributed by atoms with E-state index < -0.39 is 0 Å². The summed E-state index contributed by atoms with van der Waals surface area (Å²) < 4.78 is 5.90. The molecule has 5 heteroatoms. The van der Waals surface area contributed by atoms with Crippen LogP contribution >= 0.6 is 0 Å². The summed E-state index contributed by atoms with van der Waals surface area (Å²) in [5, 5.41) is 0. The molecule has 2 saturated heterocycles. The Kier molecular flexibility index (Phi) is 5.72. The summed E-state index contributed by atoms with van der Waals surface area (Å²) in [5.41, 5.74) is 2.94. The van der Waals surface area contributed by atoms with Crippen molar-refractivity contribution in [3.8, 4) is 0 Å². The van der Waals surface area contributed by atoms with E-state index in [9.17, 15) is 9.59 Å². The number of rotatable bonds is 4. The number of carbonyl (C=O) groups is 2. The Morgan fingerprint density at radius 1 is 0.964 bits per heavy atom. The first-order chi connectivity index (χ1) is 13.7. The van der Waals surface area contributed by atoms with Crippen LogP contribution in [0.5, 0.6) is 0 Å². The van der Waals surface area contributed by atoms with Gasteiger partial charge in [-0.3, -0.25) is 9.59 Å². The molecule has 0 unspecified atom stereocenters. The van der Waals surface area contributed by atoms with Gasteiger partial charge in [0.05, 0.1) is 13.2 Å². The van der Waals surface area contributed by atoms with Crippen LogP contribution < -0.4 is 4.90 Å². The smallest absolute Gasteiger partial charge is 0.225 e. The maximum Gasteiger partial charge on any atom is 0.225 e. The molecule has 146 valence electrons. The minimum Gasteiger partial charge on any atom is -0.371 e. The van der Waals surface area contributed by atoms with Crippen LogP contribution in [0.25, 0.3) is 0 Å². The number of benzene rings is 2. The molecule has 2 aliphatic heterocycles. The standard InChI is InChI=1S/C23H26N2O3/c26-17-18-6-8-21(9-7-18)24-12-10-20(11-13-24)23(27)25-14-15-28-22(16-25)19-4-2-1-3-5-19/h1-9,17,20,22H,10-16H2/t22-/m1/s1. The van der Waals surface area contributed by atoms with Crippen LogP contribution in [0.2, 0.25) is 0 Å². The molecule has 1 amide bonds. The second-order valence-electron chi connectivity index (χ2n) is 7.53. The van der Waals surface area contributed by atoms with E-state index in [1.807, 2.05) is 47.4 Å². The van der Waals surface area contributed by atoms with Gasteiger partial charge in [-0.1, -0.05) is 30.3 Å². The minimum absolute atomic E-state index is 0.0321. The third kappa shape index (κ3) is 4.09. The Hall–Kier alpha value is -2.66. The first kappa shape index (κ1) is 18.7. The quantitative estimate of drug-likeness (QED) is 0.766. The normalized spacial score (nSPS) is 20.8. The van der Waals surface area contributed by atoms with Gasteiger partial charge in [0.15, 0.2) is 0 Å². The topological polar surface area (TPSA) is 49.9 Å². The van der Waals surface area contributed by atoms with Gasteiger partial charge < -0.3 is 14.5 Å². The highest BCUT2D eigenvalue weighted by Crippen LogP contribution is 2.28. The fraction of sp³-hybridized carbons (Fsp3) is 0.391. The first-order valence-electron chi connectivity index (χ1n) is 10.00. The molecule has 0 saturated carbocycles. The van der Waals surface area contributed by atoms with Crippen LogP contribution in [-0.2, 0) is 9.53 Å². The lowest BCUT2D eigenvalue weighted by Crippen LogP contribution is -2.47. The minimum atomic E-state index is -0.0321. The number of piperidine rings is 1. The Labute approximate surface area is 165 Å². The van der Waals surface area contributed by atoms with Crippen molar-refractivity contribution in [3.63, 3.8) is 0 Å². The zero-order chi connectivity index (χ0) is 19.3. The average molecular weight is 378 g/mol. The van der Waals surface area contributed by atoms with E-state index >= 15 is 0 Å². The zero-order valence-electron chi connectivity index (χ0n) is 16.0. The highest BCUT2D eigenvalue weighted by Gasteiger charge is 2.32. The highest BCUT2D eigenvalue weighted by molar-refractivity contribution is 5.79. The number of anilines is 1. The summed E-state index contributed by atoms with van der Waals surface area (Å²) in [6.07, 6.45) is 2.55.